The molecule has 1 amide bonds. The number of likely N-dealkylation sites (N-methyl/N-ethyl adjacent to an activating group) is 1. The summed E-state index contributed by atoms with van der Waals surface area (Å²) in [5.74, 6) is -0.169. The summed E-state index contributed by atoms with van der Waals surface area (Å²) in [4.78, 5) is 23.3. The molecule has 0 aromatic carbocycles. The van der Waals surface area contributed by atoms with Crippen LogP contribution >= 0.6 is 7.82 Å². The number of quaternary nitrogens is 1. The Bertz CT molecular complexity index is 1160. The number of rotatable bonds is 59. The molecule has 0 fully saturated rings. The zero-order chi connectivity index (χ0) is 52.0. The van der Waals surface area contributed by atoms with Crippen LogP contribution in [0.15, 0.2) is 12.2 Å². The molecule has 0 radical (unpaired) electrons. The van der Waals surface area contributed by atoms with Crippen LogP contribution < -0.4 is 5.32 Å². The van der Waals surface area contributed by atoms with Crippen LogP contribution in [-0.2, 0) is 18.4 Å². The van der Waals surface area contributed by atoms with Crippen molar-refractivity contribution >= 4 is 13.7 Å². The molecule has 0 aliphatic rings. The first kappa shape index (κ1) is 70.2. The number of aliphatic hydroxyl groups excluding tert-OH is 1. The summed E-state index contributed by atoms with van der Waals surface area (Å²) in [5.41, 5.74) is 0. The Hall–Kier alpha value is -0.760. The molecule has 3 N–H and O–H groups in total. The largest absolute Gasteiger partial charge is 0.472 e. The van der Waals surface area contributed by atoms with E-state index < -0.39 is 20.0 Å². The van der Waals surface area contributed by atoms with Crippen LogP contribution in [0, 0.1) is 0 Å². The minimum absolute atomic E-state index is 0.0651. The maximum Gasteiger partial charge on any atom is 0.472 e. The molecule has 1 unspecified atom stereocenters. The Morgan fingerprint density at radius 3 is 1.04 bits per heavy atom. The number of nitrogens with zero attached hydrogens (tertiary/aromatic N) is 1. The number of aliphatic hydroxyl groups is 1. The van der Waals surface area contributed by atoms with Gasteiger partial charge < -0.3 is 19.8 Å². The Kier molecular flexibility index (Phi) is 53.5. The van der Waals surface area contributed by atoms with Crippen LogP contribution in [0.2, 0.25) is 0 Å². The van der Waals surface area contributed by atoms with Crippen LogP contribution in [0.25, 0.3) is 0 Å². The summed E-state index contributed by atoms with van der Waals surface area (Å²) < 4.78 is 23.7. The maximum atomic E-state index is 13.0. The molecule has 0 saturated heterocycles. The molecule has 0 bridgehead atoms. The van der Waals surface area contributed by atoms with Gasteiger partial charge in [-0.05, 0) is 19.3 Å². The number of hydrogen-bond donors (Lipinski definition) is 3. The van der Waals surface area contributed by atoms with Gasteiger partial charge in [0.05, 0.1) is 39.9 Å². The van der Waals surface area contributed by atoms with E-state index in [9.17, 15) is 19.4 Å². The molecular formula is C62H126N2O6P+. The highest BCUT2D eigenvalue weighted by Gasteiger charge is 2.28. The topological polar surface area (TPSA) is 105 Å². The number of unbranched alkanes of at least 4 members (excludes halogenated alkanes) is 46. The second-order valence-electron chi connectivity index (χ2n) is 23.2. The van der Waals surface area contributed by atoms with Crippen molar-refractivity contribution in [3.8, 4) is 0 Å². The molecule has 8 nitrogen and oxygen atoms in total. The Morgan fingerprint density at radius 2 is 0.746 bits per heavy atom. The van der Waals surface area contributed by atoms with E-state index in [1.807, 2.05) is 27.2 Å². The van der Waals surface area contributed by atoms with Gasteiger partial charge in [0.2, 0.25) is 5.91 Å². The third-order valence-electron chi connectivity index (χ3n) is 14.8. The molecule has 424 valence electrons. The first-order valence-electron chi connectivity index (χ1n) is 31.6. The van der Waals surface area contributed by atoms with E-state index in [0.717, 1.165) is 32.1 Å². The monoisotopic (exact) mass is 1030 g/mol. The van der Waals surface area contributed by atoms with Gasteiger partial charge in [-0.2, -0.15) is 0 Å². The van der Waals surface area contributed by atoms with E-state index in [4.69, 9.17) is 9.05 Å². The lowest BCUT2D eigenvalue weighted by atomic mass is 10.0. The molecule has 0 aliphatic heterocycles. The standard InChI is InChI=1S/C62H125N2O6P/c1-6-8-10-12-14-16-18-20-22-23-24-25-26-27-28-29-30-31-32-33-34-35-36-37-38-39-40-42-44-46-48-50-52-54-56-62(66)63-60(59-70-71(67,68)69-58-57-64(3,4)5)61(65)55-53-51-49-47-45-43-41-21-19-17-15-13-11-9-7-2/h53,55,60-61,65H,6-52,54,56-59H2,1-5H3,(H-,63,66,67,68)/p+1/b55-53+/t60-,61+/m0/s1. The highest BCUT2D eigenvalue weighted by Crippen LogP contribution is 2.43. The van der Waals surface area contributed by atoms with E-state index in [0.29, 0.717) is 17.4 Å². The van der Waals surface area contributed by atoms with Crippen LogP contribution in [0.1, 0.15) is 328 Å². The summed E-state index contributed by atoms with van der Waals surface area (Å²) >= 11 is 0. The molecule has 0 saturated carbocycles. The van der Waals surface area contributed by atoms with Gasteiger partial charge in [0.25, 0.3) is 0 Å². The number of phosphoric ester groups is 1. The van der Waals surface area contributed by atoms with E-state index in [1.165, 1.54) is 276 Å². The van der Waals surface area contributed by atoms with E-state index in [2.05, 4.69) is 19.2 Å². The number of carbonyl (C=O) groups is 1. The molecule has 9 heteroatoms. The second-order valence-corrected chi connectivity index (χ2v) is 24.6. The summed E-state index contributed by atoms with van der Waals surface area (Å²) in [7, 11) is 1.59. The lowest BCUT2D eigenvalue weighted by Crippen LogP contribution is -2.45. The zero-order valence-corrected chi connectivity index (χ0v) is 49.4. The van der Waals surface area contributed by atoms with Crippen molar-refractivity contribution in [1.29, 1.82) is 0 Å². The van der Waals surface area contributed by atoms with E-state index >= 15 is 0 Å². The van der Waals surface area contributed by atoms with Gasteiger partial charge >= 0.3 is 7.82 Å². The quantitative estimate of drug-likeness (QED) is 0.0243. The summed E-state index contributed by atoms with van der Waals surface area (Å²) in [5, 5.41) is 13.9. The molecule has 71 heavy (non-hydrogen) atoms. The SMILES string of the molecule is CCCCCCCCCCCCCCC/C=C/[C@@H](O)[C@H](COP(=O)(O)OCC[N+](C)(C)C)NC(=O)CCCCCCCCCCCCCCCCCCCCCCCCCCCCCCCCCCCC. The molecule has 0 aromatic rings. The molecule has 0 heterocycles. The number of nitrogens with one attached hydrogen (secondary N) is 1. The highest BCUT2D eigenvalue weighted by molar-refractivity contribution is 7.47. The fraction of sp³-hybridized carbons (Fsp3) is 0.952. The molecule has 0 aliphatic carbocycles. The number of amides is 1. The van der Waals surface area contributed by atoms with Crippen molar-refractivity contribution in [2.24, 2.45) is 0 Å². The Labute approximate surface area is 443 Å². The third-order valence-corrected chi connectivity index (χ3v) is 15.7. The predicted octanol–water partition coefficient (Wildman–Crippen LogP) is 19.4. The molecule has 0 aromatic heterocycles. The molecular weight excluding hydrogens is 900 g/mol. The summed E-state index contributed by atoms with van der Waals surface area (Å²) in [6.07, 6.45) is 67.7. The average molecular weight is 1030 g/mol. The van der Waals surface area contributed by atoms with E-state index in [1.54, 1.807) is 6.08 Å². The fourth-order valence-corrected chi connectivity index (χ4v) is 10.5. The van der Waals surface area contributed by atoms with Gasteiger partial charge in [-0.15, -0.1) is 0 Å². The third kappa shape index (κ3) is 56.8. The molecule has 0 rings (SSSR count). The van der Waals surface area contributed by atoms with Crippen molar-refractivity contribution in [2.75, 3.05) is 40.9 Å². The molecule has 3 atom stereocenters. The van der Waals surface area contributed by atoms with Crippen LogP contribution in [-0.4, -0.2) is 73.4 Å². The normalized spacial score (nSPS) is 13.8. The summed E-state index contributed by atoms with van der Waals surface area (Å²) in [6.45, 7) is 4.86. The number of phosphoric acid groups is 1. The van der Waals surface area contributed by atoms with Crippen molar-refractivity contribution in [3.63, 3.8) is 0 Å². The second kappa shape index (κ2) is 54.0. The average Bonchev–Trinajstić information content (AvgIpc) is 3.33. The Morgan fingerprint density at radius 1 is 0.465 bits per heavy atom. The molecule has 0 spiro atoms. The minimum Gasteiger partial charge on any atom is -0.387 e. The number of allylic oxidation sites excluding steroid dienone is 1. The van der Waals surface area contributed by atoms with Gasteiger partial charge in [-0.3, -0.25) is 13.8 Å². The summed E-state index contributed by atoms with van der Waals surface area (Å²) in [6, 6.07) is -0.842. The lowest BCUT2D eigenvalue weighted by Gasteiger charge is -2.25. The lowest BCUT2D eigenvalue weighted by molar-refractivity contribution is -0.870. The van der Waals surface area contributed by atoms with E-state index in [-0.39, 0.29) is 19.1 Å². The van der Waals surface area contributed by atoms with Gasteiger partial charge in [-0.25, -0.2) is 4.57 Å². The fourth-order valence-electron chi connectivity index (χ4n) is 9.81. The minimum atomic E-state index is -4.34. The predicted molar refractivity (Wildman–Crippen MR) is 309 cm³/mol. The van der Waals surface area contributed by atoms with Crippen LogP contribution in [0.5, 0.6) is 0 Å². The Balaban J connectivity index is 3.94. The van der Waals surface area contributed by atoms with Gasteiger partial charge in [0.15, 0.2) is 0 Å². The highest BCUT2D eigenvalue weighted by atomic mass is 31.2. The first-order chi connectivity index (χ1) is 34.5. The van der Waals surface area contributed by atoms with Crippen LogP contribution in [0.4, 0.5) is 0 Å². The smallest absolute Gasteiger partial charge is 0.387 e. The van der Waals surface area contributed by atoms with Crippen molar-refractivity contribution < 1.29 is 32.9 Å². The van der Waals surface area contributed by atoms with Crippen LogP contribution in [0.3, 0.4) is 0 Å². The number of hydrogen-bond acceptors (Lipinski definition) is 5. The first-order valence-corrected chi connectivity index (χ1v) is 33.1. The van der Waals surface area contributed by atoms with Gasteiger partial charge in [0, 0.05) is 6.42 Å². The van der Waals surface area contributed by atoms with Gasteiger partial charge in [-0.1, -0.05) is 315 Å². The maximum absolute atomic E-state index is 13.0. The number of carbonyl (C=O) groups excluding carboxylic acids is 1. The van der Waals surface area contributed by atoms with Gasteiger partial charge in [0.1, 0.15) is 13.2 Å². The van der Waals surface area contributed by atoms with Crippen molar-refractivity contribution in [1.82, 2.24) is 5.32 Å². The van der Waals surface area contributed by atoms with Crippen molar-refractivity contribution in [3.05, 3.63) is 12.2 Å². The zero-order valence-electron chi connectivity index (χ0n) is 48.5. The van der Waals surface area contributed by atoms with Crippen molar-refractivity contribution in [2.45, 2.75) is 341 Å².